The number of hydrogen-bond acceptors (Lipinski definition) is 4. The van der Waals surface area contributed by atoms with Crippen molar-refractivity contribution in [1.82, 2.24) is 10.6 Å². The summed E-state index contributed by atoms with van der Waals surface area (Å²) in [7, 11) is 1.66. The largest absolute Gasteiger partial charge is 0.496 e. The predicted octanol–water partition coefficient (Wildman–Crippen LogP) is 1.30. The standard InChI is InChI=1S/C18H27N3O2/c1-23-16-4-2-3-15-14(16)5-9-18(15,19)17(22)21-12-8-13-6-10-20-11-7-13/h2-4,13,20H,5-12,19H2,1H3,(H,21,22). The van der Waals surface area contributed by atoms with Crippen LogP contribution in [0, 0.1) is 5.92 Å². The van der Waals surface area contributed by atoms with Crippen LogP contribution in [0.3, 0.4) is 0 Å². The Bertz CT molecular complexity index is 569. The molecular weight excluding hydrogens is 290 g/mol. The van der Waals surface area contributed by atoms with E-state index < -0.39 is 5.54 Å². The van der Waals surface area contributed by atoms with Crippen LogP contribution in [0.5, 0.6) is 5.75 Å². The van der Waals surface area contributed by atoms with Gasteiger partial charge in [0.25, 0.3) is 0 Å². The molecule has 5 nitrogen and oxygen atoms in total. The van der Waals surface area contributed by atoms with Crippen LogP contribution in [-0.4, -0.2) is 32.7 Å². The third kappa shape index (κ3) is 3.21. The minimum atomic E-state index is -0.919. The van der Waals surface area contributed by atoms with E-state index in [-0.39, 0.29) is 5.91 Å². The number of amides is 1. The monoisotopic (exact) mass is 317 g/mol. The average Bonchev–Trinajstić information content (AvgIpc) is 2.94. The number of ether oxygens (including phenoxy) is 1. The van der Waals surface area contributed by atoms with Gasteiger partial charge in [-0.3, -0.25) is 4.79 Å². The molecule has 0 bridgehead atoms. The summed E-state index contributed by atoms with van der Waals surface area (Å²) in [5, 5.41) is 6.43. The molecule has 0 aromatic heterocycles. The predicted molar refractivity (Wildman–Crippen MR) is 90.4 cm³/mol. The molecule has 126 valence electrons. The normalized spacial score (nSPS) is 24.3. The molecule has 0 spiro atoms. The molecule has 23 heavy (non-hydrogen) atoms. The van der Waals surface area contributed by atoms with Crippen LogP contribution >= 0.6 is 0 Å². The number of rotatable bonds is 5. The first kappa shape index (κ1) is 16.3. The number of piperidine rings is 1. The Morgan fingerprint density at radius 2 is 2.22 bits per heavy atom. The van der Waals surface area contributed by atoms with Gasteiger partial charge in [0.1, 0.15) is 11.3 Å². The van der Waals surface area contributed by atoms with Crippen LogP contribution in [-0.2, 0) is 16.8 Å². The molecule has 2 aliphatic rings. The molecule has 1 fully saturated rings. The number of hydrogen-bond donors (Lipinski definition) is 3. The lowest BCUT2D eigenvalue weighted by molar-refractivity contribution is -0.126. The third-order valence-corrected chi connectivity index (χ3v) is 5.30. The quantitative estimate of drug-likeness (QED) is 0.765. The second kappa shape index (κ2) is 6.89. The van der Waals surface area contributed by atoms with E-state index in [0.29, 0.717) is 18.9 Å². The summed E-state index contributed by atoms with van der Waals surface area (Å²) in [5.74, 6) is 1.48. The van der Waals surface area contributed by atoms with E-state index in [1.807, 2.05) is 18.2 Å². The van der Waals surface area contributed by atoms with Gasteiger partial charge in [0, 0.05) is 6.54 Å². The number of carbonyl (C=O) groups excluding carboxylic acids is 1. The Labute approximate surface area is 138 Å². The van der Waals surface area contributed by atoms with Crippen molar-refractivity contribution in [3.8, 4) is 5.75 Å². The number of nitrogens with one attached hydrogen (secondary N) is 2. The van der Waals surface area contributed by atoms with Crippen molar-refractivity contribution in [2.75, 3.05) is 26.7 Å². The molecular formula is C18H27N3O2. The highest BCUT2D eigenvalue weighted by molar-refractivity contribution is 5.89. The number of fused-ring (bicyclic) bond motifs is 1. The molecule has 1 amide bonds. The molecule has 1 heterocycles. The van der Waals surface area contributed by atoms with E-state index in [1.54, 1.807) is 7.11 Å². The van der Waals surface area contributed by atoms with Gasteiger partial charge >= 0.3 is 0 Å². The third-order valence-electron chi connectivity index (χ3n) is 5.30. The van der Waals surface area contributed by atoms with Gasteiger partial charge in [0.2, 0.25) is 5.91 Å². The Kier molecular flexibility index (Phi) is 4.87. The zero-order chi connectivity index (χ0) is 16.3. The SMILES string of the molecule is COc1cccc2c1CCC2(N)C(=O)NCCC1CCNCC1. The van der Waals surface area contributed by atoms with E-state index in [0.717, 1.165) is 42.8 Å². The Hall–Kier alpha value is -1.59. The van der Waals surface area contributed by atoms with E-state index in [4.69, 9.17) is 10.5 Å². The van der Waals surface area contributed by atoms with Crippen LogP contribution in [0.25, 0.3) is 0 Å². The minimum absolute atomic E-state index is 0.0570. The Morgan fingerprint density at radius 3 is 2.96 bits per heavy atom. The van der Waals surface area contributed by atoms with Crippen molar-refractivity contribution in [2.24, 2.45) is 11.7 Å². The van der Waals surface area contributed by atoms with Crippen molar-refractivity contribution in [3.05, 3.63) is 29.3 Å². The summed E-state index contributed by atoms with van der Waals surface area (Å²) in [6.45, 7) is 2.89. The van der Waals surface area contributed by atoms with Crippen molar-refractivity contribution >= 4 is 5.91 Å². The van der Waals surface area contributed by atoms with Crippen molar-refractivity contribution in [3.63, 3.8) is 0 Å². The number of carbonyl (C=O) groups is 1. The van der Waals surface area contributed by atoms with Crippen molar-refractivity contribution in [2.45, 2.75) is 37.6 Å². The van der Waals surface area contributed by atoms with Crippen molar-refractivity contribution < 1.29 is 9.53 Å². The van der Waals surface area contributed by atoms with Crippen LogP contribution in [0.1, 0.15) is 36.8 Å². The molecule has 1 saturated heterocycles. The van der Waals surface area contributed by atoms with Gasteiger partial charge in [-0.2, -0.15) is 0 Å². The van der Waals surface area contributed by atoms with E-state index in [1.165, 1.54) is 12.8 Å². The molecule has 5 heteroatoms. The fraction of sp³-hybridized carbons (Fsp3) is 0.611. The van der Waals surface area contributed by atoms with Gasteiger partial charge in [0.15, 0.2) is 0 Å². The van der Waals surface area contributed by atoms with E-state index in [9.17, 15) is 4.79 Å². The van der Waals surface area contributed by atoms with Crippen molar-refractivity contribution in [1.29, 1.82) is 0 Å². The molecule has 1 aliphatic carbocycles. The molecule has 0 radical (unpaired) electrons. The fourth-order valence-corrected chi connectivity index (χ4v) is 3.84. The maximum Gasteiger partial charge on any atom is 0.244 e. The molecule has 1 atom stereocenters. The smallest absolute Gasteiger partial charge is 0.244 e. The lowest BCUT2D eigenvalue weighted by atomic mass is 9.91. The van der Waals surface area contributed by atoms with Crippen LogP contribution in [0.2, 0.25) is 0 Å². The molecule has 1 unspecified atom stereocenters. The first-order chi connectivity index (χ1) is 11.1. The second-order valence-corrected chi connectivity index (χ2v) is 6.70. The maximum absolute atomic E-state index is 12.7. The van der Waals surface area contributed by atoms with Crippen LogP contribution in [0.15, 0.2) is 18.2 Å². The maximum atomic E-state index is 12.7. The summed E-state index contributed by atoms with van der Waals surface area (Å²) in [6, 6.07) is 5.80. The summed E-state index contributed by atoms with van der Waals surface area (Å²) in [4.78, 5) is 12.7. The summed E-state index contributed by atoms with van der Waals surface area (Å²) < 4.78 is 5.40. The summed E-state index contributed by atoms with van der Waals surface area (Å²) in [5.41, 5.74) is 7.55. The van der Waals surface area contributed by atoms with Crippen LogP contribution < -0.4 is 21.1 Å². The first-order valence-corrected chi connectivity index (χ1v) is 8.59. The molecule has 1 aromatic rings. The molecule has 1 aromatic carbocycles. The number of benzene rings is 1. The van der Waals surface area contributed by atoms with Gasteiger partial charge in [-0.1, -0.05) is 12.1 Å². The summed E-state index contributed by atoms with van der Waals surface area (Å²) in [6.07, 6.45) is 4.86. The molecule has 3 rings (SSSR count). The highest BCUT2D eigenvalue weighted by atomic mass is 16.5. The molecule has 4 N–H and O–H groups in total. The topological polar surface area (TPSA) is 76.4 Å². The highest BCUT2D eigenvalue weighted by Crippen LogP contribution is 2.39. The minimum Gasteiger partial charge on any atom is -0.496 e. The lowest BCUT2D eigenvalue weighted by Crippen LogP contribution is -2.50. The number of nitrogens with two attached hydrogens (primary N) is 1. The highest BCUT2D eigenvalue weighted by Gasteiger charge is 2.42. The average molecular weight is 317 g/mol. The van der Waals surface area contributed by atoms with Gasteiger partial charge in [-0.05, 0) is 68.3 Å². The first-order valence-electron chi connectivity index (χ1n) is 8.59. The van der Waals surface area contributed by atoms with Gasteiger partial charge in [0.05, 0.1) is 7.11 Å². The van der Waals surface area contributed by atoms with E-state index >= 15 is 0 Å². The fourth-order valence-electron chi connectivity index (χ4n) is 3.84. The second-order valence-electron chi connectivity index (χ2n) is 6.70. The zero-order valence-electron chi connectivity index (χ0n) is 13.9. The van der Waals surface area contributed by atoms with Gasteiger partial charge in [-0.25, -0.2) is 0 Å². The Balaban J connectivity index is 1.62. The Morgan fingerprint density at radius 1 is 1.43 bits per heavy atom. The molecule has 1 aliphatic heterocycles. The van der Waals surface area contributed by atoms with Gasteiger partial charge in [-0.15, -0.1) is 0 Å². The summed E-state index contributed by atoms with van der Waals surface area (Å²) >= 11 is 0. The van der Waals surface area contributed by atoms with Gasteiger partial charge < -0.3 is 21.1 Å². The lowest BCUT2D eigenvalue weighted by Gasteiger charge is -2.26. The zero-order valence-corrected chi connectivity index (χ0v) is 13.9. The van der Waals surface area contributed by atoms with E-state index in [2.05, 4.69) is 10.6 Å². The number of methoxy groups -OCH3 is 1. The molecule has 0 saturated carbocycles. The van der Waals surface area contributed by atoms with Crippen LogP contribution in [0.4, 0.5) is 0 Å².